The van der Waals surface area contributed by atoms with Gasteiger partial charge in [-0.25, -0.2) is 4.98 Å². The van der Waals surface area contributed by atoms with Gasteiger partial charge in [-0.3, -0.25) is 10.1 Å². The molecule has 0 spiro atoms. The first-order valence-electron chi connectivity index (χ1n) is 8.47. The Bertz CT molecular complexity index is 1000. The molecule has 1 amide bonds. The second-order valence-corrected chi connectivity index (χ2v) is 7.29. The summed E-state index contributed by atoms with van der Waals surface area (Å²) in [5.41, 5.74) is -0.875. The van der Waals surface area contributed by atoms with Gasteiger partial charge in [-0.2, -0.15) is 13.2 Å². The van der Waals surface area contributed by atoms with Gasteiger partial charge in [-0.1, -0.05) is 30.3 Å². The Labute approximate surface area is 169 Å². The molecule has 3 aromatic rings. The maximum Gasteiger partial charge on any atom is 0.417 e. The summed E-state index contributed by atoms with van der Waals surface area (Å²) in [4.78, 5) is 17.3. The molecule has 29 heavy (non-hydrogen) atoms. The molecule has 152 valence electrons. The average Bonchev–Trinajstić information content (AvgIpc) is 3.10. The Kier molecular flexibility index (Phi) is 6.07. The zero-order valence-electron chi connectivity index (χ0n) is 15.5. The molecule has 2 aromatic carbocycles. The Morgan fingerprint density at radius 3 is 2.48 bits per heavy atom. The van der Waals surface area contributed by atoms with Gasteiger partial charge in [-0.05, 0) is 24.6 Å². The predicted octanol–water partition coefficient (Wildman–Crippen LogP) is 5.31. The van der Waals surface area contributed by atoms with Crippen LogP contribution in [0.15, 0.2) is 48.7 Å². The van der Waals surface area contributed by atoms with Crippen molar-refractivity contribution in [3.63, 3.8) is 0 Å². The first kappa shape index (κ1) is 20.7. The van der Waals surface area contributed by atoms with Crippen LogP contribution in [0.3, 0.4) is 0 Å². The molecule has 0 aliphatic rings. The summed E-state index contributed by atoms with van der Waals surface area (Å²) in [6.45, 7) is 1.88. The fourth-order valence-electron chi connectivity index (χ4n) is 2.57. The maximum atomic E-state index is 13.6. The number of anilines is 1. The number of benzene rings is 2. The molecule has 1 heterocycles. The number of alkyl halides is 3. The first-order chi connectivity index (χ1) is 13.8. The topological polar surface area (TPSA) is 60.5 Å². The number of thiazole rings is 1. The zero-order chi connectivity index (χ0) is 21.0. The highest BCUT2D eigenvalue weighted by Gasteiger charge is 2.37. The molecule has 0 aliphatic heterocycles. The summed E-state index contributed by atoms with van der Waals surface area (Å²) in [5.74, 6) is -1.02. The lowest BCUT2D eigenvalue weighted by Gasteiger charge is -2.17. The lowest BCUT2D eigenvalue weighted by molar-refractivity contribution is -0.138. The van der Waals surface area contributed by atoms with E-state index < -0.39 is 23.2 Å². The van der Waals surface area contributed by atoms with Gasteiger partial charge >= 0.3 is 6.18 Å². The van der Waals surface area contributed by atoms with E-state index in [9.17, 15) is 18.0 Å². The summed E-state index contributed by atoms with van der Waals surface area (Å²) in [5, 5.41) is 2.61. The van der Waals surface area contributed by atoms with E-state index in [-0.39, 0.29) is 23.2 Å². The fraction of sp³-hybridized carbons (Fsp3) is 0.200. The van der Waals surface area contributed by atoms with E-state index in [0.29, 0.717) is 0 Å². The van der Waals surface area contributed by atoms with Crippen LogP contribution in [0.2, 0.25) is 0 Å². The minimum Gasteiger partial charge on any atom is -0.493 e. The summed E-state index contributed by atoms with van der Waals surface area (Å²) < 4.78 is 51.4. The van der Waals surface area contributed by atoms with E-state index in [1.165, 1.54) is 13.3 Å². The average molecular weight is 422 g/mol. The van der Waals surface area contributed by atoms with Crippen molar-refractivity contribution in [1.82, 2.24) is 4.98 Å². The molecule has 3 rings (SSSR count). The number of rotatable bonds is 6. The Morgan fingerprint density at radius 2 is 1.90 bits per heavy atom. The van der Waals surface area contributed by atoms with E-state index >= 15 is 0 Å². The van der Waals surface area contributed by atoms with Crippen molar-refractivity contribution < 1.29 is 27.4 Å². The number of nitrogens with one attached hydrogen (secondary N) is 1. The van der Waals surface area contributed by atoms with Crippen molar-refractivity contribution in [1.29, 1.82) is 0 Å². The molecule has 9 heteroatoms. The number of carbonyl (C=O) groups is 1. The van der Waals surface area contributed by atoms with Crippen LogP contribution in [0.25, 0.3) is 0 Å². The molecule has 0 atom stereocenters. The maximum absolute atomic E-state index is 13.6. The third-order valence-electron chi connectivity index (χ3n) is 3.93. The molecule has 0 saturated carbocycles. The number of nitrogens with zero attached hydrogens (tertiary/aromatic N) is 1. The zero-order valence-corrected chi connectivity index (χ0v) is 16.4. The smallest absolute Gasteiger partial charge is 0.417 e. The van der Waals surface area contributed by atoms with Gasteiger partial charge in [0, 0.05) is 11.1 Å². The second-order valence-electron chi connectivity index (χ2n) is 6.05. The highest BCUT2D eigenvalue weighted by atomic mass is 32.1. The fourth-order valence-corrected chi connectivity index (χ4v) is 3.23. The lowest BCUT2D eigenvalue weighted by Crippen LogP contribution is -2.19. The number of hydrogen-bond acceptors (Lipinski definition) is 5. The van der Waals surface area contributed by atoms with Crippen LogP contribution in [0, 0.1) is 6.92 Å². The van der Waals surface area contributed by atoms with Crippen molar-refractivity contribution in [3.05, 3.63) is 70.2 Å². The van der Waals surface area contributed by atoms with E-state index in [0.717, 1.165) is 33.9 Å². The normalized spacial score (nSPS) is 11.2. The van der Waals surface area contributed by atoms with Gasteiger partial charge in [0.1, 0.15) is 6.61 Å². The standard InChI is InChI=1S/C20H17F3N2O3S/c1-12-10-24-19(29-12)25-18(26)14-8-17(28-11-13-6-4-3-5-7-13)16(27-2)9-15(14)20(21,22)23/h3-10H,11H2,1-2H3,(H,24,25,26). The number of halogens is 3. The van der Waals surface area contributed by atoms with Gasteiger partial charge in [0.25, 0.3) is 5.91 Å². The Balaban J connectivity index is 1.96. The monoisotopic (exact) mass is 422 g/mol. The van der Waals surface area contributed by atoms with Gasteiger partial charge in [0.15, 0.2) is 16.6 Å². The second kappa shape index (κ2) is 8.52. The molecule has 5 nitrogen and oxygen atoms in total. The molecule has 0 bridgehead atoms. The van der Waals surface area contributed by atoms with Crippen molar-refractivity contribution in [2.75, 3.05) is 12.4 Å². The minimum absolute atomic E-state index is 0.0322. The molecule has 0 unspecified atom stereocenters. The quantitative estimate of drug-likeness (QED) is 0.585. The van der Waals surface area contributed by atoms with Crippen molar-refractivity contribution in [2.24, 2.45) is 0 Å². The highest BCUT2D eigenvalue weighted by Crippen LogP contribution is 2.40. The highest BCUT2D eigenvalue weighted by molar-refractivity contribution is 7.15. The first-order valence-corrected chi connectivity index (χ1v) is 9.29. The number of methoxy groups -OCH3 is 1. The van der Waals surface area contributed by atoms with Crippen LogP contribution in [-0.2, 0) is 12.8 Å². The Morgan fingerprint density at radius 1 is 1.17 bits per heavy atom. The van der Waals surface area contributed by atoms with Crippen LogP contribution in [-0.4, -0.2) is 18.0 Å². The number of hydrogen-bond donors (Lipinski definition) is 1. The largest absolute Gasteiger partial charge is 0.493 e. The van der Waals surface area contributed by atoms with Crippen LogP contribution in [0.1, 0.15) is 26.4 Å². The molecule has 0 fully saturated rings. The summed E-state index contributed by atoms with van der Waals surface area (Å²) in [7, 11) is 1.24. The van der Waals surface area contributed by atoms with Crippen molar-refractivity contribution in [3.8, 4) is 11.5 Å². The molecular weight excluding hydrogens is 405 g/mol. The van der Waals surface area contributed by atoms with Crippen LogP contribution < -0.4 is 14.8 Å². The van der Waals surface area contributed by atoms with Crippen LogP contribution >= 0.6 is 11.3 Å². The van der Waals surface area contributed by atoms with Crippen LogP contribution in [0.4, 0.5) is 18.3 Å². The predicted molar refractivity (Wildman–Crippen MR) is 104 cm³/mol. The molecule has 0 saturated heterocycles. The van der Waals surface area contributed by atoms with E-state index in [4.69, 9.17) is 9.47 Å². The van der Waals surface area contributed by atoms with Gasteiger partial charge in [0.2, 0.25) is 0 Å². The van der Waals surface area contributed by atoms with Gasteiger partial charge in [0.05, 0.1) is 18.2 Å². The Hall–Kier alpha value is -3.07. The number of carbonyl (C=O) groups excluding carboxylic acids is 1. The molecular formula is C20H17F3N2O3S. The number of amides is 1. The van der Waals surface area contributed by atoms with E-state index in [1.54, 1.807) is 6.92 Å². The molecule has 0 aliphatic carbocycles. The number of aryl methyl sites for hydroxylation is 1. The minimum atomic E-state index is -4.75. The van der Waals surface area contributed by atoms with Crippen molar-refractivity contribution in [2.45, 2.75) is 19.7 Å². The summed E-state index contributed by atoms with van der Waals surface area (Å²) >= 11 is 1.16. The van der Waals surface area contributed by atoms with E-state index in [2.05, 4.69) is 10.3 Å². The van der Waals surface area contributed by atoms with Gasteiger partial charge < -0.3 is 9.47 Å². The summed E-state index contributed by atoms with van der Waals surface area (Å²) in [6.07, 6.45) is -3.23. The number of aromatic nitrogens is 1. The van der Waals surface area contributed by atoms with E-state index in [1.807, 2.05) is 30.3 Å². The SMILES string of the molecule is COc1cc(C(F)(F)F)c(C(=O)Nc2ncc(C)s2)cc1OCc1ccccc1. The molecule has 1 N–H and O–H groups in total. The molecule has 0 radical (unpaired) electrons. The summed E-state index contributed by atoms with van der Waals surface area (Å²) in [6, 6.07) is 10.9. The number of ether oxygens (including phenoxy) is 2. The lowest BCUT2D eigenvalue weighted by atomic mass is 10.0. The molecule has 1 aromatic heterocycles. The van der Waals surface area contributed by atoms with Crippen molar-refractivity contribution >= 4 is 22.4 Å². The van der Waals surface area contributed by atoms with Gasteiger partial charge in [-0.15, -0.1) is 11.3 Å². The van der Waals surface area contributed by atoms with Crippen LogP contribution in [0.5, 0.6) is 11.5 Å². The third-order valence-corrected chi connectivity index (χ3v) is 4.76. The third kappa shape index (κ3) is 5.05.